The Labute approximate surface area is 178 Å². The predicted octanol–water partition coefficient (Wildman–Crippen LogP) is 3.44. The number of hydrogen-bond acceptors (Lipinski definition) is 3. The molecule has 1 saturated heterocycles. The molecule has 0 aliphatic carbocycles. The maximum absolute atomic E-state index is 12.9. The monoisotopic (exact) mass is 427 g/mol. The topological polar surface area (TPSA) is 62.6 Å². The van der Waals surface area contributed by atoms with Gasteiger partial charge in [0.15, 0.2) is 0 Å². The summed E-state index contributed by atoms with van der Waals surface area (Å²) in [6.45, 7) is 4.46. The van der Waals surface area contributed by atoms with Gasteiger partial charge in [-0.3, -0.25) is 4.79 Å². The summed E-state index contributed by atoms with van der Waals surface area (Å²) < 4.78 is 27.2. The van der Waals surface area contributed by atoms with Crippen molar-refractivity contribution in [1.29, 1.82) is 0 Å². The number of benzene rings is 2. The maximum atomic E-state index is 12.9. The average Bonchev–Trinajstić information content (AvgIpc) is 3.05. The summed E-state index contributed by atoms with van der Waals surface area (Å²) in [5.41, 5.74) is 3.55. The maximum Gasteiger partial charge on any atom is 0.225 e. The Morgan fingerprint density at radius 3 is 2.40 bits per heavy atom. The molecule has 0 radical (unpaired) electrons. The minimum absolute atomic E-state index is 0.0965. The molecule has 2 aromatic carbocycles. The Balaban J connectivity index is 1.51. The first kappa shape index (κ1) is 20.9. The molecule has 7 heteroatoms. The second-order valence-electron chi connectivity index (χ2n) is 8.24. The van der Waals surface area contributed by atoms with Gasteiger partial charge < -0.3 is 9.47 Å². The van der Waals surface area contributed by atoms with Crippen LogP contribution >= 0.6 is 0 Å². The quantitative estimate of drug-likeness (QED) is 0.627. The first-order valence-electron chi connectivity index (χ1n) is 10.5. The van der Waals surface area contributed by atoms with Gasteiger partial charge in [0.05, 0.1) is 6.26 Å². The average molecular weight is 428 g/mol. The van der Waals surface area contributed by atoms with Gasteiger partial charge in [-0.25, -0.2) is 12.7 Å². The zero-order chi connectivity index (χ0) is 21.5. The van der Waals surface area contributed by atoms with Crippen molar-refractivity contribution in [3.05, 3.63) is 48.0 Å². The van der Waals surface area contributed by atoms with Crippen LogP contribution in [0.1, 0.15) is 25.3 Å². The Morgan fingerprint density at radius 1 is 1.07 bits per heavy atom. The number of carbonyl (C=O) groups is 1. The number of fused-ring (bicyclic) bond motifs is 3. The van der Waals surface area contributed by atoms with Crippen LogP contribution in [0, 0.1) is 5.92 Å². The van der Waals surface area contributed by atoms with Gasteiger partial charge in [-0.2, -0.15) is 0 Å². The van der Waals surface area contributed by atoms with E-state index in [0.29, 0.717) is 32.5 Å². The lowest BCUT2D eigenvalue weighted by atomic mass is 9.96. The van der Waals surface area contributed by atoms with E-state index in [2.05, 4.69) is 54.0 Å². The number of para-hydroxylation sites is 1. The third-order valence-corrected chi connectivity index (χ3v) is 7.52. The number of hydrogen-bond donors (Lipinski definition) is 0. The van der Waals surface area contributed by atoms with Gasteiger partial charge in [0.25, 0.3) is 0 Å². The first-order chi connectivity index (χ1) is 14.3. The molecule has 1 fully saturated rings. The molecule has 0 atom stereocenters. The summed E-state index contributed by atoms with van der Waals surface area (Å²) in [5, 5.41) is 2.45. The summed E-state index contributed by atoms with van der Waals surface area (Å²) in [6, 6.07) is 14.9. The van der Waals surface area contributed by atoms with E-state index in [1.165, 1.54) is 32.4 Å². The van der Waals surface area contributed by atoms with Crippen LogP contribution in [0.5, 0.6) is 0 Å². The van der Waals surface area contributed by atoms with Gasteiger partial charge in [-0.1, -0.05) is 24.3 Å². The van der Waals surface area contributed by atoms with Crippen LogP contribution < -0.4 is 0 Å². The third-order valence-electron chi connectivity index (χ3n) is 6.22. The minimum Gasteiger partial charge on any atom is -0.341 e. The number of nitrogens with zero attached hydrogens (tertiary/aromatic N) is 3. The molecule has 1 aliphatic heterocycles. The molecule has 4 rings (SSSR count). The molecule has 0 N–H and O–H groups in total. The Bertz CT molecular complexity index is 1190. The SMILES string of the molecule is CCn1c2ccccc2c2cc(CN(C)C(=O)C3CCN(S(C)(=O)=O)CC3)ccc21. The van der Waals surface area contributed by atoms with E-state index in [0.717, 1.165) is 12.1 Å². The Kier molecular flexibility index (Phi) is 5.59. The normalized spacial score (nSPS) is 16.4. The molecule has 2 heterocycles. The van der Waals surface area contributed by atoms with Crippen LogP contribution in [0.15, 0.2) is 42.5 Å². The van der Waals surface area contributed by atoms with E-state index in [9.17, 15) is 13.2 Å². The summed E-state index contributed by atoms with van der Waals surface area (Å²) in [6.07, 6.45) is 2.39. The van der Waals surface area contributed by atoms with Crippen LogP contribution in [0.4, 0.5) is 0 Å². The van der Waals surface area contributed by atoms with E-state index < -0.39 is 10.0 Å². The van der Waals surface area contributed by atoms with Crippen molar-refractivity contribution in [3.63, 3.8) is 0 Å². The summed E-state index contributed by atoms with van der Waals surface area (Å²) in [7, 11) is -1.34. The van der Waals surface area contributed by atoms with Gasteiger partial charge in [0.2, 0.25) is 15.9 Å². The van der Waals surface area contributed by atoms with Crippen LogP contribution in [0.2, 0.25) is 0 Å². The number of aryl methyl sites for hydroxylation is 1. The number of aromatic nitrogens is 1. The number of piperidine rings is 1. The van der Waals surface area contributed by atoms with Gasteiger partial charge >= 0.3 is 0 Å². The summed E-state index contributed by atoms with van der Waals surface area (Å²) in [5.74, 6) is -0.0158. The van der Waals surface area contributed by atoms with E-state index in [-0.39, 0.29) is 11.8 Å². The fourth-order valence-corrected chi connectivity index (χ4v) is 5.51. The van der Waals surface area contributed by atoms with Crippen molar-refractivity contribution in [2.45, 2.75) is 32.9 Å². The Morgan fingerprint density at radius 2 is 1.73 bits per heavy atom. The molecular weight excluding hydrogens is 398 g/mol. The molecule has 30 heavy (non-hydrogen) atoms. The lowest BCUT2D eigenvalue weighted by molar-refractivity contribution is -0.135. The van der Waals surface area contributed by atoms with Gasteiger partial charge in [-0.05, 0) is 43.5 Å². The molecule has 1 aromatic heterocycles. The van der Waals surface area contributed by atoms with Crippen molar-refractivity contribution in [2.24, 2.45) is 5.92 Å². The zero-order valence-corrected chi connectivity index (χ0v) is 18.7. The molecule has 160 valence electrons. The van der Waals surface area contributed by atoms with Crippen LogP contribution in [0.25, 0.3) is 21.8 Å². The van der Waals surface area contributed by atoms with Crippen molar-refractivity contribution in [3.8, 4) is 0 Å². The van der Waals surface area contributed by atoms with Crippen LogP contribution in [-0.2, 0) is 27.9 Å². The second kappa shape index (κ2) is 8.04. The molecule has 0 bridgehead atoms. The predicted molar refractivity (Wildman–Crippen MR) is 121 cm³/mol. The van der Waals surface area contributed by atoms with Gasteiger partial charge in [0.1, 0.15) is 0 Å². The molecule has 0 saturated carbocycles. The standard InChI is InChI=1S/C23H29N3O3S/c1-4-26-21-8-6-5-7-19(21)20-15-17(9-10-22(20)26)16-24(2)23(27)18-11-13-25(14-12-18)30(3,28)29/h5-10,15,18H,4,11-14,16H2,1-3H3. The smallest absolute Gasteiger partial charge is 0.225 e. The lowest BCUT2D eigenvalue weighted by Gasteiger charge is -2.31. The van der Waals surface area contributed by atoms with Gasteiger partial charge in [-0.15, -0.1) is 0 Å². The Hall–Kier alpha value is -2.38. The highest BCUT2D eigenvalue weighted by atomic mass is 32.2. The molecule has 1 aliphatic rings. The number of sulfonamides is 1. The van der Waals surface area contributed by atoms with Crippen molar-refractivity contribution < 1.29 is 13.2 Å². The highest BCUT2D eigenvalue weighted by molar-refractivity contribution is 7.88. The highest BCUT2D eigenvalue weighted by Gasteiger charge is 2.30. The summed E-state index contributed by atoms with van der Waals surface area (Å²) in [4.78, 5) is 14.7. The highest BCUT2D eigenvalue weighted by Crippen LogP contribution is 2.30. The largest absolute Gasteiger partial charge is 0.341 e. The minimum atomic E-state index is -3.18. The van der Waals surface area contributed by atoms with E-state index in [1.807, 2.05) is 7.05 Å². The molecule has 6 nitrogen and oxygen atoms in total. The van der Waals surface area contributed by atoms with Gasteiger partial charge in [0, 0.05) is 61.0 Å². The molecular formula is C23H29N3O3S. The summed E-state index contributed by atoms with van der Waals surface area (Å²) >= 11 is 0. The van der Waals surface area contributed by atoms with E-state index in [1.54, 1.807) is 4.90 Å². The van der Waals surface area contributed by atoms with E-state index >= 15 is 0 Å². The number of carbonyl (C=O) groups excluding carboxylic acids is 1. The second-order valence-corrected chi connectivity index (χ2v) is 10.2. The number of rotatable bonds is 5. The zero-order valence-electron chi connectivity index (χ0n) is 17.8. The fourth-order valence-electron chi connectivity index (χ4n) is 4.64. The van der Waals surface area contributed by atoms with Crippen molar-refractivity contribution in [2.75, 3.05) is 26.4 Å². The van der Waals surface area contributed by atoms with E-state index in [4.69, 9.17) is 0 Å². The first-order valence-corrected chi connectivity index (χ1v) is 12.3. The van der Waals surface area contributed by atoms with Crippen LogP contribution in [-0.4, -0.2) is 54.5 Å². The van der Waals surface area contributed by atoms with Crippen molar-refractivity contribution in [1.82, 2.24) is 13.8 Å². The van der Waals surface area contributed by atoms with Crippen molar-refractivity contribution >= 4 is 37.7 Å². The molecule has 0 spiro atoms. The lowest BCUT2D eigenvalue weighted by Crippen LogP contribution is -2.42. The molecule has 0 unspecified atom stereocenters. The number of amides is 1. The molecule has 3 aromatic rings. The third kappa shape index (κ3) is 3.84. The fraction of sp³-hybridized carbons (Fsp3) is 0.435. The van der Waals surface area contributed by atoms with Crippen LogP contribution in [0.3, 0.4) is 0 Å². The molecule has 1 amide bonds.